The number of nitrogens with zero attached hydrogens (tertiary/aromatic N) is 1. The summed E-state index contributed by atoms with van der Waals surface area (Å²) in [5, 5.41) is 2.47. The van der Waals surface area contributed by atoms with Crippen molar-refractivity contribution in [3.05, 3.63) is 65.2 Å². The van der Waals surface area contributed by atoms with Crippen LogP contribution in [0.1, 0.15) is 45.6 Å². The lowest BCUT2D eigenvalue weighted by atomic mass is 9.94. The molecule has 222 valence electrons. The van der Waals surface area contributed by atoms with Crippen molar-refractivity contribution in [2.24, 2.45) is 5.92 Å². The lowest BCUT2D eigenvalue weighted by molar-refractivity contribution is -0.156. The van der Waals surface area contributed by atoms with Crippen molar-refractivity contribution < 1.29 is 46.2 Å². The van der Waals surface area contributed by atoms with Crippen molar-refractivity contribution in [1.82, 2.24) is 10.2 Å². The van der Waals surface area contributed by atoms with Gasteiger partial charge in [-0.1, -0.05) is 30.3 Å². The van der Waals surface area contributed by atoms with E-state index in [2.05, 4.69) is 5.32 Å². The van der Waals surface area contributed by atoms with E-state index in [1.54, 1.807) is 25.7 Å². The van der Waals surface area contributed by atoms with Crippen LogP contribution in [0.15, 0.2) is 36.4 Å². The van der Waals surface area contributed by atoms with E-state index in [0.29, 0.717) is 25.9 Å². The molecule has 1 aliphatic rings. The highest BCUT2D eigenvalue weighted by Gasteiger charge is 2.33. The monoisotopic (exact) mass is 580 g/mol. The molecule has 1 aliphatic heterocycles. The molecule has 1 saturated heterocycles. The van der Waals surface area contributed by atoms with Crippen molar-refractivity contribution in [2.75, 3.05) is 19.7 Å². The van der Waals surface area contributed by atoms with Crippen LogP contribution in [0.5, 0.6) is 5.75 Å². The van der Waals surface area contributed by atoms with E-state index in [1.807, 2.05) is 30.3 Å². The highest BCUT2D eigenvalue weighted by Crippen LogP contribution is 2.26. The van der Waals surface area contributed by atoms with Crippen LogP contribution in [0.4, 0.5) is 17.6 Å². The number of likely N-dealkylation sites (tertiary alicyclic amines) is 1. The largest absolute Gasteiger partial charge is 0.479 e. The molecule has 0 spiro atoms. The minimum Gasteiger partial charge on any atom is -0.479 e. The first-order chi connectivity index (χ1) is 19.2. The molecule has 0 aromatic heterocycles. The molecule has 3 rings (SSSR count). The summed E-state index contributed by atoms with van der Waals surface area (Å²) in [5.41, 5.74) is -0.0424. The molecule has 41 heavy (non-hydrogen) atoms. The van der Waals surface area contributed by atoms with Crippen LogP contribution >= 0.6 is 0 Å². The molecule has 2 aromatic carbocycles. The van der Waals surface area contributed by atoms with Crippen molar-refractivity contribution in [1.29, 1.82) is 0 Å². The van der Waals surface area contributed by atoms with Gasteiger partial charge in [-0.3, -0.25) is 19.2 Å². The highest BCUT2D eigenvalue weighted by atomic mass is 19.2. The van der Waals surface area contributed by atoms with Gasteiger partial charge in [-0.05, 0) is 39.2 Å². The van der Waals surface area contributed by atoms with Gasteiger partial charge in [0.1, 0.15) is 18.2 Å². The Balaban J connectivity index is 1.64. The van der Waals surface area contributed by atoms with Gasteiger partial charge in [0.2, 0.25) is 23.4 Å². The van der Waals surface area contributed by atoms with Gasteiger partial charge in [0.25, 0.3) is 0 Å². The maximum absolute atomic E-state index is 14.0. The maximum atomic E-state index is 14.0. The minimum absolute atomic E-state index is 0.00851. The molecule has 0 bridgehead atoms. The Hall–Kier alpha value is -3.96. The number of esters is 1. The number of rotatable bonds is 10. The van der Waals surface area contributed by atoms with Crippen LogP contribution in [0.3, 0.4) is 0 Å². The molecule has 2 aromatic rings. The van der Waals surface area contributed by atoms with E-state index in [1.165, 1.54) is 0 Å². The molecule has 1 atom stereocenters. The molecular weight excluding hydrogens is 548 g/mol. The van der Waals surface area contributed by atoms with Gasteiger partial charge in [-0.15, -0.1) is 0 Å². The lowest BCUT2D eigenvalue weighted by Crippen LogP contribution is -2.49. The standard InChI is InChI=1S/C29H32F4N2O6/c1-29(2,3)41-24(38)15-21(22(36)16-40-27-25(32)19(30)14-20(31)26(27)33)34-28(39)18-9-11-35(12-10-18)23(37)13-17-7-5-4-6-8-17/h4-8,14,18,21H,9-13,15-16H2,1-3H3,(H,34,39)/t21-/m0/s1. The van der Waals surface area contributed by atoms with E-state index < -0.39 is 77.3 Å². The lowest BCUT2D eigenvalue weighted by Gasteiger charge is -2.32. The number of carbonyl (C=O) groups is 4. The second kappa shape index (κ2) is 13.6. The Morgan fingerprint density at radius 1 is 0.976 bits per heavy atom. The predicted octanol–water partition coefficient (Wildman–Crippen LogP) is 3.89. The van der Waals surface area contributed by atoms with E-state index in [9.17, 15) is 36.7 Å². The summed E-state index contributed by atoms with van der Waals surface area (Å²) in [5.74, 6) is -11.6. The van der Waals surface area contributed by atoms with Crippen molar-refractivity contribution in [2.45, 2.75) is 58.1 Å². The molecule has 2 amide bonds. The average Bonchev–Trinajstić information content (AvgIpc) is 2.91. The minimum atomic E-state index is -1.84. The third-order valence-electron chi connectivity index (χ3n) is 6.34. The number of piperidine rings is 1. The van der Waals surface area contributed by atoms with Crippen LogP contribution in [-0.2, 0) is 30.3 Å². The number of Topliss-reactive ketones (excluding diaryl/α,β-unsaturated/α-hetero) is 1. The average molecular weight is 581 g/mol. The Morgan fingerprint density at radius 2 is 1.56 bits per heavy atom. The first-order valence-electron chi connectivity index (χ1n) is 13.1. The first-order valence-corrected chi connectivity index (χ1v) is 13.1. The van der Waals surface area contributed by atoms with Crippen LogP contribution < -0.4 is 10.1 Å². The normalized spacial score (nSPS) is 14.8. The molecule has 0 unspecified atom stereocenters. The van der Waals surface area contributed by atoms with E-state index in [-0.39, 0.29) is 18.4 Å². The van der Waals surface area contributed by atoms with Crippen LogP contribution in [0.25, 0.3) is 0 Å². The van der Waals surface area contributed by atoms with Gasteiger partial charge in [-0.25, -0.2) is 8.78 Å². The SMILES string of the molecule is CC(C)(C)OC(=O)C[C@H](NC(=O)C1CCN(C(=O)Cc2ccccc2)CC1)C(=O)COc1c(F)c(F)cc(F)c1F. The number of ketones is 1. The van der Waals surface area contributed by atoms with Gasteiger partial charge in [0.05, 0.1) is 12.8 Å². The van der Waals surface area contributed by atoms with Crippen molar-refractivity contribution in [3.63, 3.8) is 0 Å². The summed E-state index contributed by atoms with van der Waals surface area (Å²) in [6, 6.07) is 7.69. The molecule has 1 N–H and O–H groups in total. The molecule has 8 nitrogen and oxygen atoms in total. The fraction of sp³-hybridized carbons (Fsp3) is 0.448. The third-order valence-corrected chi connectivity index (χ3v) is 6.34. The molecule has 1 fully saturated rings. The Bertz CT molecular complexity index is 1250. The van der Waals surface area contributed by atoms with Gasteiger partial charge in [0.15, 0.2) is 23.2 Å². The van der Waals surface area contributed by atoms with Crippen LogP contribution in [0.2, 0.25) is 0 Å². The predicted molar refractivity (Wildman–Crippen MR) is 139 cm³/mol. The smallest absolute Gasteiger partial charge is 0.308 e. The zero-order valence-electron chi connectivity index (χ0n) is 23.0. The first kappa shape index (κ1) is 31.6. The summed E-state index contributed by atoms with van der Waals surface area (Å²) in [4.78, 5) is 52.7. The van der Waals surface area contributed by atoms with Gasteiger partial charge in [-0.2, -0.15) is 8.78 Å². The number of halogens is 4. The second-order valence-electron chi connectivity index (χ2n) is 10.7. The molecule has 0 aliphatic carbocycles. The summed E-state index contributed by atoms with van der Waals surface area (Å²) < 4.78 is 64.9. The number of carbonyl (C=O) groups excluding carboxylic acids is 4. The van der Waals surface area contributed by atoms with E-state index in [4.69, 9.17) is 9.47 Å². The van der Waals surface area contributed by atoms with Gasteiger partial charge >= 0.3 is 5.97 Å². The zero-order valence-corrected chi connectivity index (χ0v) is 23.0. The number of nitrogens with one attached hydrogen (secondary N) is 1. The summed E-state index contributed by atoms with van der Waals surface area (Å²) in [7, 11) is 0. The van der Waals surface area contributed by atoms with Crippen molar-refractivity contribution >= 4 is 23.6 Å². The highest BCUT2D eigenvalue weighted by molar-refractivity contribution is 5.93. The van der Waals surface area contributed by atoms with Gasteiger partial charge < -0.3 is 19.7 Å². The summed E-state index contributed by atoms with van der Waals surface area (Å²) in [6.07, 6.45) is 0.201. The summed E-state index contributed by atoms with van der Waals surface area (Å²) in [6.45, 7) is 4.31. The van der Waals surface area contributed by atoms with Crippen LogP contribution in [0, 0.1) is 29.2 Å². The number of hydrogen-bond acceptors (Lipinski definition) is 6. The molecular formula is C29H32F4N2O6. The number of hydrogen-bond donors (Lipinski definition) is 1. The van der Waals surface area contributed by atoms with Crippen LogP contribution in [-0.4, -0.2) is 59.8 Å². The number of benzene rings is 2. The molecule has 0 radical (unpaired) electrons. The van der Waals surface area contributed by atoms with Gasteiger partial charge in [0, 0.05) is 25.1 Å². The number of amides is 2. The molecule has 1 heterocycles. The molecule has 0 saturated carbocycles. The Labute approximate surface area is 235 Å². The number of ether oxygens (including phenoxy) is 2. The molecule has 12 heteroatoms. The Morgan fingerprint density at radius 3 is 2.12 bits per heavy atom. The zero-order chi connectivity index (χ0) is 30.3. The Kier molecular flexibility index (Phi) is 10.5. The fourth-order valence-electron chi connectivity index (χ4n) is 4.28. The van der Waals surface area contributed by atoms with E-state index in [0.717, 1.165) is 5.56 Å². The van der Waals surface area contributed by atoms with Crippen molar-refractivity contribution in [3.8, 4) is 5.75 Å². The third kappa shape index (κ3) is 9.02. The van der Waals surface area contributed by atoms with E-state index >= 15 is 0 Å². The summed E-state index contributed by atoms with van der Waals surface area (Å²) >= 11 is 0. The second-order valence-corrected chi connectivity index (χ2v) is 10.7. The maximum Gasteiger partial charge on any atom is 0.308 e. The quantitative estimate of drug-likeness (QED) is 0.260. The topological polar surface area (TPSA) is 102 Å². The fourth-order valence-corrected chi connectivity index (χ4v) is 4.28.